The van der Waals surface area contributed by atoms with Gasteiger partial charge in [0.1, 0.15) is 34.7 Å². The number of nitrogens with zero attached hydrogens (tertiary/aromatic N) is 1. The van der Waals surface area contributed by atoms with E-state index in [0.717, 1.165) is 50.2 Å². The number of carbonyl (C=O) groups is 4. The monoisotopic (exact) mass is 576 g/mol. The number of hydrogen-bond donors (Lipinski definition) is 6. The number of fused-ring (bicyclic) bond motifs is 4. The summed E-state index contributed by atoms with van der Waals surface area (Å²) in [6, 6.07) is 10.4. The molecule has 12 nitrogen and oxygen atoms in total. The van der Waals surface area contributed by atoms with E-state index in [1.807, 2.05) is 0 Å². The van der Waals surface area contributed by atoms with Crippen molar-refractivity contribution in [1.29, 1.82) is 0 Å². The second-order valence-corrected chi connectivity index (χ2v) is 10.4. The maximum atomic E-state index is 13.3. The lowest BCUT2D eigenvalue weighted by molar-refractivity contribution is 0.00291. The van der Waals surface area contributed by atoms with Crippen LogP contribution in [-0.4, -0.2) is 85.8 Å². The van der Waals surface area contributed by atoms with Crippen LogP contribution in [0.5, 0.6) is 23.0 Å². The number of carboxylic acid groups (broad SMARTS) is 1. The van der Waals surface area contributed by atoms with Gasteiger partial charge in [0.25, 0.3) is 5.91 Å². The van der Waals surface area contributed by atoms with Gasteiger partial charge in [0.15, 0.2) is 0 Å². The molecule has 218 valence electrons. The van der Waals surface area contributed by atoms with E-state index < -0.39 is 69.7 Å². The SMILES string of the molecule is O=C(N[C@H]1CN2CCC(CC2)[C@H]1OC(=O)c1cc(O)c(C(=O)c2c(O)cccc2C(=O)O)c(O)c1)c1ccc(O)cc1. The Morgan fingerprint density at radius 1 is 0.810 bits per heavy atom. The number of benzene rings is 3. The van der Waals surface area contributed by atoms with Crippen LogP contribution in [0.1, 0.15) is 59.8 Å². The molecule has 2 atom stereocenters. The van der Waals surface area contributed by atoms with Crippen LogP contribution in [0.4, 0.5) is 0 Å². The predicted molar refractivity (Wildman–Crippen MR) is 146 cm³/mol. The summed E-state index contributed by atoms with van der Waals surface area (Å²) < 4.78 is 5.88. The number of amides is 1. The molecular formula is C30H28N2O10. The van der Waals surface area contributed by atoms with Crippen LogP contribution < -0.4 is 5.32 Å². The van der Waals surface area contributed by atoms with E-state index in [0.29, 0.717) is 12.1 Å². The van der Waals surface area contributed by atoms with Crippen LogP contribution in [-0.2, 0) is 4.74 Å². The van der Waals surface area contributed by atoms with E-state index in [1.165, 1.54) is 30.3 Å². The Morgan fingerprint density at radius 3 is 2.07 bits per heavy atom. The summed E-state index contributed by atoms with van der Waals surface area (Å²) in [7, 11) is 0. The van der Waals surface area contributed by atoms with Crippen LogP contribution in [0.25, 0.3) is 0 Å². The third kappa shape index (κ3) is 5.56. The topological polar surface area (TPSA) is 194 Å². The quantitative estimate of drug-likeness (QED) is 0.179. The summed E-state index contributed by atoms with van der Waals surface area (Å²) in [6.07, 6.45) is 0.705. The fourth-order valence-corrected chi connectivity index (χ4v) is 5.58. The molecule has 0 spiro atoms. The first-order valence-corrected chi connectivity index (χ1v) is 13.2. The smallest absolute Gasteiger partial charge is 0.338 e. The van der Waals surface area contributed by atoms with Crippen molar-refractivity contribution in [3.8, 4) is 23.0 Å². The molecule has 3 aliphatic heterocycles. The maximum absolute atomic E-state index is 13.3. The van der Waals surface area contributed by atoms with Crippen molar-refractivity contribution >= 4 is 23.6 Å². The number of ketones is 1. The highest BCUT2D eigenvalue weighted by molar-refractivity contribution is 6.18. The number of piperidine rings is 1. The highest BCUT2D eigenvalue weighted by Gasteiger charge is 2.41. The van der Waals surface area contributed by atoms with E-state index in [2.05, 4.69) is 10.2 Å². The van der Waals surface area contributed by atoms with E-state index in [9.17, 15) is 44.7 Å². The average Bonchev–Trinajstić information content (AvgIpc) is 3.20. The molecule has 0 saturated carbocycles. The Kier molecular flexibility index (Phi) is 7.72. The van der Waals surface area contributed by atoms with Gasteiger partial charge >= 0.3 is 11.9 Å². The Balaban J connectivity index is 1.40. The predicted octanol–water partition coefficient (Wildman–Crippen LogP) is 2.49. The molecule has 3 fully saturated rings. The molecule has 12 heteroatoms. The molecule has 3 heterocycles. The van der Waals surface area contributed by atoms with Gasteiger partial charge in [0.2, 0.25) is 5.78 Å². The Hall–Kier alpha value is -5.10. The molecule has 3 aromatic carbocycles. The zero-order valence-electron chi connectivity index (χ0n) is 22.2. The number of aromatic hydroxyl groups is 4. The first-order valence-electron chi connectivity index (χ1n) is 13.2. The summed E-state index contributed by atoms with van der Waals surface area (Å²) in [5, 5.41) is 53.3. The van der Waals surface area contributed by atoms with Gasteiger partial charge in [-0.2, -0.15) is 0 Å². The minimum Gasteiger partial charge on any atom is -0.508 e. The molecular weight excluding hydrogens is 548 g/mol. The number of ether oxygens (including phenoxy) is 1. The largest absolute Gasteiger partial charge is 0.508 e. The third-order valence-corrected chi connectivity index (χ3v) is 7.70. The van der Waals surface area contributed by atoms with Gasteiger partial charge < -0.3 is 40.5 Å². The lowest BCUT2D eigenvalue weighted by Crippen LogP contribution is -2.50. The van der Waals surface area contributed by atoms with Crippen molar-refractivity contribution in [2.24, 2.45) is 5.92 Å². The minimum atomic E-state index is -1.51. The van der Waals surface area contributed by atoms with E-state index in [4.69, 9.17) is 4.74 Å². The summed E-state index contributed by atoms with van der Waals surface area (Å²) in [5.41, 5.74) is -1.84. The third-order valence-electron chi connectivity index (χ3n) is 7.70. The van der Waals surface area contributed by atoms with Crippen molar-refractivity contribution < 1.29 is 49.4 Å². The summed E-state index contributed by atoms with van der Waals surface area (Å²) in [5.74, 6) is -6.36. The van der Waals surface area contributed by atoms with Crippen LogP contribution >= 0.6 is 0 Å². The second-order valence-electron chi connectivity index (χ2n) is 10.4. The molecule has 3 saturated heterocycles. The standard InChI is InChI=1S/C30H28N2O10/c33-18-6-4-16(5-7-18)28(38)31-20-14-32-10-8-15(9-11-32)27(20)42-30(41)17-12-22(35)25(23(36)13-17)26(37)24-19(29(39)40)2-1-3-21(24)34/h1-7,12-13,15,20,27,33-36H,8-11,14H2,(H,31,38)(H,39,40)/t20-,27+/m0/s1. The number of carbonyl (C=O) groups excluding carboxylic acids is 3. The lowest BCUT2D eigenvalue weighted by Gasteiger charge is -2.30. The molecule has 0 radical (unpaired) electrons. The van der Waals surface area contributed by atoms with Gasteiger partial charge in [-0.15, -0.1) is 0 Å². The van der Waals surface area contributed by atoms with Crippen molar-refractivity contribution in [3.05, 3.63) is 82.4 Å². The zero-order chi connectivity index (χ0) is 30.1. The van der Waals surface area contributed by atoms with Crippen LogP contribution in [0.3, 0.4) is 0 Å². The number of phenolic OH excluding ortho intramolecular Hbond substituents is 4. The maximum Gasteiger partial charge on any atom is 0.338 e. The molecule has 0 aliphatic carbocycles. The molecule has 6 rings (SSSR count). The number of hydrogen-bond acceptors (Lipinski definition) is 10. The average molecular weight is 577 g/mol. The molecule has 6 N–H and O–H groups in total. The highest BCUT2D eigenvalue weighted by Crippen LogP contribution is 2.36. The van der Waals surface area contributed by atoms with Gasteiger partial charge in [-0.25, -0.2) is 9.59 Å². The van der Waals surface area contributed by atoms with Gasteiger partial charge in [-0.3, -0.25) is 9.59 Å². The number of nitrogens with one attached hydrogen (secondary N) is 1. The molecule has 0 unspecified atom stereocenters. The zero-order valence-corrected chi connectivity index (χ0v) is 22.2. The minimum absolute atomic E-state index is 0.0131. The molecule has 1 amide bonds. The molecule has 3 aromatic rings. The Morgan fingerprint density at radius 2 is 1.45 bits per heavy atom. The summed E-state index contributed by atoms with van der Waals surface area (Å²) >= 11 is 0. The van der Waals surface area contributed by atoms with Crippen LogP contribution in [0.15, 0.2) is 54.6 Å². The summed E-state index contributed by atoms with van der Waals surface area (Å²) in [4.78, 5) is 53.1. The molecule has 2 bridgehead atoms. The fourth-order valence-electron chi connectivity index (χ4n) is 5.58. The van der Waals surface area contributed by atoms with E-state index in [-0.39, 0.29) is 17.2 Å². The number of rotatable bonds is 7. The summed E-state index contributed by atoms with van der Waals surface area (Å²) in [6.45, 7) is 1.94. The van der Waals surface area contributed by atoms with Gasteiger partial charge in [-0.05, 0) is 74.5 Å². The van der Waals surface area contributed by atoms with E-state index in [1.54, 1.807) is 0 Å². The van der Waals surface area contributed by atoms with Gasteiger partial charge in [0, 0.05) is 18.0 Å². The fraction of sp³-hybridized carbons (Fsp3) is 0.267. The molecule has 3 aliphatic rings. The number of phenols is 4. The van der Waals surface area contributed by atoms with Gasteiger partial charge in [0.05, 0.1) is 22.7 Å². The van der Waals surface area contributed by atoms with Crippen molar-refractivity contribution in [2.45, 2.75) is 25.0 Å². The number of carboxylic acids is 1. The first kappa shape index (κ1) is 28.4. The van der Waals surface area contributed by atoms with Crippen LogP contribution in [0.2, 0.25) is 0 Å². The van der Waals surface area contributed by atoms with Crippen molar-refractivity contribution in [2.75, 3.05) is 19.6 Å². The number of aromatic carboxylic acids is 1. The van der Waals surface area contributed by atoms with Gasteiger partial charge in [-0.1, -0.05) is 6.07 Å². The second kappa shape index (κ2) is 11.4. The van der Waals surface area contributed by atoms with Crippen molar-refractivity contribution in [1.82, 2.24) is 10.2 Å². The van der Waals surface area contributed by atoms with Crippen molar-refractivity contribution in [3.63, 3.8) is 0 Å². The van der Waals surface area contributed by atoms with E-state index >= 15 is 0 Å². The number of esters is 1. The Labute approximate surface area is 239 Å². The lowest BCUT2D eigenvalue weighted by atomic mass is 9.90. The molecule has 0 aromatic heterocycles. The highest BCUT2D eigenvalue weighted by atomic mass is 16.5. The van der Waals surface area contributed by atoms with Crippen LogP contribution in [0, 0.1) is 5.92 Å². The molecule has 42 heavy (non-hydrogen) atoms. The normalized spacial score (nSPS) is 21.2. The Bertz CT molecular complexity index is 1540. The first-order chi connectivity index (χ1) is 20.0.